The minimum absolute atomic E-state index is 0.00814. The maximum Gasteiger partial charge on any atom is 0.326 e. The van der Waals surface area contributed by atoms with E-state index in [2.05, 4.69) is 42.5 Å². The topological polar surface area (TPSA) is 490 Å². The number of aliphatic carboxylic acids is 1. The number of anilines is 4. The molecule has 0 radical (unpaired) electrons. The Morgan fingerprint density at radius 3 is 1.09 bits per heavy atom. The lowest BCUT2D eigenvalue weighted by Crippen LogP contribution is -2.44. The van der Waals surface area contributed by atoms with Crippen molar-refractivity contribution >= 4 is 76.0 Å². The second-order valence-corrected chi connectivity index (χ2v) is 21.1. The van der Waals surface area contributed by atoms with E-state index in [0.29, 0.717) is 76.4 Å². The van der Waals surface area contributed by atoms with Gasteiger partial charge in [0.25, 0.3) is 23.6 Å². The molecule has 0 bridgehead atoms. The van der Waals surface area contributed by atoms with Crippen molar-refractivity contribution in [2.45, 2.75) is 114 Å². The molecule has 5 rings (SSSR count). The third-order valence-corrected chi connectivity index (χ3v) is 14.2. The largest absolute Gasteiger partial charge is 0.508 e. The predicted molar refractivity (Wildman–Crippen MR) is 336 cm³/mol. The number of carboxylic acid groups (broad SMARTS) is 1. The van der Waals surface area contributed by atoms with Crippen molar-refractivity contribution in [3.8, 4) is 28.7 Å². The van der Waals surface area contributed by atoms with Crippen LogP contribution in [0.2, 0.25) is 0 Å². The van der Waals surface area contributed by atoms with E-state index in [-0.39, 0.29) is 95.3 Å². The van der Waals surface area contributed by atoms with Gasteiger partial charge in [-0.1, -0.05) is 18.6 Å². The maximum absolute atomic E-state index is 14.1. The van der Waals surface area contributed by atoms with E-state index >= 15 is 0 Å². The van der Waals surface area contributed by atoms with E-state index in [4.69, 9.17) is 33.4 Å². The summed E-state index contributed by atoms with van der Waals surface area (Å²) >= 11 is 0. The van der Waals surface area contributed by atoms with Crippen LogP contribution in [0.5, 0.6) is 28.7 Å². The number of benzene rings is 5. The first-order valence-corrected chi connectivity index (χ1v) is 29.3. The molecule has 5 atom stereocenters. The molecule has 5 aromatic carbocycles. The van der Waals surface area contributed by atoms with Gasteiger partial charge in [0.05, 0.1) is 35.4 Å². The number of carbonyl (C=O) groups excluding carboxylic acids is 8. The SMILES string of the molecule is COc1ccc(NC(=O)C(N)CCCCN)cc1C(=O)NC(CCCCN)C(=O)Nc1ccc(O)c(C(=O)NC(CCCCN)C(=O)Nc2ccc(O)c(C(=O)NC(CCCCN)C(=O)Nc3ccc(O)c(C(=O)NC(Cc4ccc(O)cc4)C(=O)O)c3)c2)c1. The monoisotopic (exact) mass is 1250 g/mol. The van der Waals surface area contributed by atoms with Gasteiger partial charge in [0.15, 0.2) is 0 Å². The summed E-state index contributed by atoms with van der Waals surface area (Å²) in [6, 6.07) is 14.6. The molecule has 23 N–H and O–H groups in total. The Labute approximate surface area is 519 Å². The number of rotatable bonds is 36. The fraction of sp³-hybridized carbons (Fsp3) is 0.371. The summed E-state index contributed by atoms with van der Waals surface area (Å²) in [6.45, 7) is 1.25. The molecular formula is C62H81N13O15. The van der Waals surface area contributed by atoms with Crippen LogP contribution in [0.4, 0.5) is 22.7 Å². The summed E-state index contributed by atoms with van der Waals surface area (Å²) in [4.78, 5) is 122. The van der Waals surface area contributed by atoms with Crippen LogP contribution in [0.25, 0.3) is 0 Å². The highest BCUT2D eigenvalue weighted by atomic mass is 16.5. The number of nitrogens with two attached hydrogens (primary N) is 5. The van der Waals surface area contributed by atoms with E-state index in [9.17, 15) is 68.7 Å². The van der Waals surface area contributed by atoms with Gasteiger partial charge < -0.3 is 101 Å². The average molecular weight is 1250 g/mol. The first-order valence-electron chi connectivity index (χ1n) is 29.3. The minimum atomic E-state index is -1.46. The number of carbonyl (C=O) groups is 9. The van der Waals surface area contributed by atoms with Gasteiger partial charge in [-0.25, -0.2) is 4.79 Å². The fourth-order valence-electron chi connectivity index (χ4n) is 9.21. The maximum atomic E-state index is 14.1. The lowest BCUT2D eigenvalue weighted by Gasteiger charge is -2.21. The zero-order valence-corrected chi connectivity index (χ0v) is 49.9. The smallest absolute Gasteiger partial charge is 0.326 e. The summed E-state index contributed by atoms with van der Waals surface area (Å²) < 4.78 is 5.43. The van der Waals surface area contributed by atoms with Crippen LogP contribution in [0.3, 0.4) is 0 Å². The zero-order chi connectivity index (χ0) is 65.9. The zero-order valence-electron chi connectivity index (χ0n) is 49.9. The van der Waals surface area contributed by atoms with Crippen LogP contribution in [-0.2, 0) is 30.4 Å². The third-order valence-electron chi connectivity index (χ3n) is 14.2. The molecule has 8 amide bonds. The van der Waals surface area contributed by atoms with Crippen LogP contribution in [-0.4, -0.2) is 142 Å². The van der Waals surface area contributed by atoms with Gasteiger partial charge in [-0.2, -0.15) is 0 Å². The molecule has 0 heterocycles. The Bertz CT molecular complexity index is 3310. The molecule has 0 aliphatic rings. The normalized spacial score (nSPS) is 12.6. The molecule has 28 nitrogen and oxygen atoms in total. The first-order chi connectivity index (χ1) is 43.1. The predicted octanol–water partition coefficient (Wildman–Crippen LogP) is 2.94. The van der Waals surface area contributed by atoms with Gasteiger partial charge in [-0.15, -0.1) is 0 Å². The Balaban J connectivity index is 1.29. The van der Waals surface area contributed by atoms with Crippen molar-refractivity contribution < 1.29 is 73.4 Å². The Kier molecular flexibility index (Phi) is 28.2. The number of hydrogen-bond donors (Lipinski definition) is 18. The third kappa shape index (κ3) is 21.8. The van der Waals surface area contributed by atoms with E-state index in [1.807, 2.05) is 0 Å². The molecule has 28 heteroatoms. The van der Waals surface area contributed by atoms with Crippen molar-refractivity contribution in [3.05, 3.63) is 125 Å². The Morgan fingerprint density at radius 2 is 0.733 bits per heavy atom. The van der Waals surface area contributed by atoms with Gasteiger partial charge in [0, 0.05) is 29.2 Å². The Hall–Kier alpha value is -9.87. The molecule has 0 saturated carbocycles. The van der Waals surface area contributed by atoms with Crippen molar-refractivity contribution in [1.82, 2.24) is 21.3 Å². The fourth-order valence-corrected chi connectivity index (χ4v) is 9.21. The molecule has 484 valence electrons. The molecule has 0 spiro atoms. The second kappa shape index (κ2) is 35.8. The van der Waals surface area contributed by atoms with E-state index in [1.54, 1.807) is 0 Å². The van der Waals surface area contributed by atoms with Crippen molar-refractivity contribution in [2.75, 3.05) is 54.6 Å². The lowest BCUT2D eigenvalue weighted by atomic mass is 10.0. The van der Waals surface area contributed by atoms with Crippen LogP contribution >= 0.6 is 0 Å². The van der Waals surface area contributed by atoms with Gasteiger partial charge in [-0.3, -0.25) is 38.4 Å². The molecule has 0 fully saturated rings. The second-order valence-electron chi connectivity index (χ2n) is 21.1. The number of nitrogens with one attached hydrogen (secondary N) is 8. The quantitative estimate of drug-likeness (QED) is 0.0202. The number of amides is 8. The standard InChI is InChI=1S/C62H81N13O15/c1-90-53-25-19-39(68-58(84)45(67)10-2-6-26-63)34-44(53)57(83)74-48(13-5-9-29-66)61(87)71-37-17-23-51(78)42(32-37)55(81)72-46(11-3-7-27-64)59(85)69-36-16-22-50(77)41(31-36)54(80)73-47(12-4-8-28-65)60(86)70-38-18-24-52(79)43(33-38)56(82)75-49(62(88)89)30-35-14-20-40(76)21-15-35/h14-25,31-34,45-49,76-79H,2-13,26-30,63-67H2,1H3,(H,68,84)(H,69,85)(H,70,86)(H,71,87)(H,72,81)(H,73,80)(H,74,83)(H,75,82)(H,88,89). The van der Waals surface area contributed by atoms with Gasteiger partial charge in [-0.05, 0) is 187 Å². The van der Waals surface area contributed by atoms with E-state index in [0.717, 1.165) is 30.3 Å². The van der Waals surface area contributed by atoms with Gasteiger partial charge >= 0.3 is 5.97 Å². The minimum Gasteiger partial charge on any atom is -0.508 e. The lowest BCUT2D eigenvalue weighted by molar-refractivity contribution is -0.139. The van der Waals surface area contributed by atoms with E-state index < -0.39 is 101 Å². The highest BCUT2D eigenvalue weighted by molar-refractivity contribution is 6.08. The number of hydrogen-bond acceptors (Lipinski definition) is 19. The molecule has 5 aromatic rings. The Morgan fingerprint density at radius 1 is 0.411 bits per heavy atom. The first kappa shape index (κ1) is 70.9. The number of unbranched alkanes of at least 4 members (excludes halogenated alkanes) is 4. The highest BCUT2D eigenvalue weighted by Crippen LogP contribution is 2.28. The van der Waals surface area contributed by atoms with Crippen molar-refractivity contribution in [3.63, 3.8) is 0 Å². The van der Waals surface area contributed by atoms with Gasteiger partial charge in [0.2, 0.25) is 23.6 Å². The summed E-state index contributed by atoms with van der Waals surface area (Å²) in [5.41, 5.74) is 28.4. The average Bonchev–Trinajstić information content (AvgIpc) is 1.25. The molecule has 0 aliphatic heterocycles. The summed E-state index contributed by atoms with van der Waals surface area (Å²) in [7, 11) is 1.35. The summed E-state index contributed by atoms with van der Waals surface area (Å²) in [5.74, 6) is -9.28. The molecule has 0 aromatic heterocycles. The number of aromatic hydroxyl groups is 4. The van der Waals surface area contributed by atoms with Crippen LogP contribution in [0, 0.1) is 0 Å². The summed E-state index contributed by atoms with van der Waals surface area (Å²) in [5, 5.41) is 72.9. The number of methoxy groups -OCH3 is 1. The van der Waals surface area contributed by atoms with Crippen LogP contribution in [0.15, 0.2) is 97.1 Å². The van der Waals surface area contributed by atoms with Gasteiger partial charge in [0.1, 0.15) is 52.9 Å². The van der Waals surface area contributed by atoms with Crippen LogP contribution in [0.1, 0.15) is 124 Å². The highest BCUT2D eigenvalue weighted by Gasteiger charge is 2.29. The summed E-state index contributed by atoms with van der Waals surface area (Å²) in [6.07, 6.45) is 4.22. The van der Waals surface area contributed by atoms with E-state index in [1.165, 1.54) is 73.8 Å². The number of ether oxygens (including phenoxy) is 1. The number of phenolic OH excluding ortho intramolecular Hbond substituents is 4. The van der Waals surface area contributed by atoms with Crippen molar-refractivity contribution in [1.29, 1.82) is 0 Å². The number of phenols is 4. The molecule has 90 heavy (non-hydrogen) atoms. The molecule has 5 unspecified atom stereocenters. The molecule has 0 saturated heterocycles. The van der Waals surface area contributed by atoms with Crippen LogP contribution < -0.4 is 75.9 Å². The van der Waals surface area contributed by atoms with Crippen molar-refractivity contribution in [2.24, 2.45) is 28.7 Å². The number of carboxylic acids is 1. The molecule has 0 aliphatic carbocycles. The molecular weight excluding hydrogens is 1170 g/mol.